The van der Waals surface area contributed by atoms with Crippen LogP contribution in [-0.2, 0) is 0 Å². The fourth-order valence-corrected chi connectivity index (χ4v) is 2.14. The number of benzene rings is 2. The molecule has 2 aromatic carbocycles. The van der Waals surface area contributed by atoms with Crippen molar-refractivity contribution in [3.63, 3.8) is 0 Å². The van der Waals surface area contributed by atoms with E-state index in [1.165, 1.54) is 0 Å². The van der Waals surface area contributed by atoms with Crippen molar-refractivity contribution in [1.82, 2.24) is 0 Å². The monoisotopic (exact) mass is 307 g/mol. The minimum atomic E-state index is -0.639. The van der Waals surface area contributed by atoms with E-state index >= 15 is 0 Å². The maximum atomic E-state index is 10.2. The molecule has 4 nitrogen and oxygen atoms in total. The number of hydrogen-bond acceptors (Lipinski definition) is 4. The van der Waals surface area contributed by atoms with E-state index < -0.39 is 6.10 Å². The Morgan fingerprint density at radius 3 is 2.43 bits per heavy atom. The van der Waals surface area contributed by atoms with Gasteiger partial charge in [0.1, 0.15) is 11.5 Å². The van der Waals surface area contributed by atoms with Crippen LogP contribution in [0.25, 0.3) is 0 Å². The van der Waals surface area contributed by atoms with E-state index in [9.17, 15) is 5.11 Å². The highest BCUT2D eigenvalue weighted by Crippen LogP contribution is 2.28. The van der Waals surface area contributed by atoms with Gasteiger partial charge in [-0.15, -0.1) is 0 Å². The molecule has 0 bridgehead atoms. The average Bonchev–Trinajstić information content (AvgIpc) is 2.52. The summed E-state index contributed by atoms with van der Waals surface area (Å²) in [4.78, 5) is 0. The van der Waals surface area contributed by atoms with Crippen molar-refractivity contribution < 1.29 is 14.6 Å². The fraction of sp³-hybridized carbons (Fsp3) is 0.250. The predicted octanol–water partition coefficient (Wildman–Crippen LogP) is 3.50. The molecule has 2 N–H and O–H groups in total. The molecule has 1 unspecified atom stereocenters. The van der Waals surface area contributed by atoms with Gasteiger partial charge in [-0.2, -0.15) is 0 Å². The summed E-state index contributed by atoms with van der Waals surface area (Å²) in [5.41, 5.74) is 1.56. The Labute approximate surface area is 129 Å². The molecule has 5 heteroatoms. The molecule has 0 saturated carbocycles. The number of ether oxygens (including phenoxy) is 2. The van der Waals surface area contributed by atoms with Gasteiger partial charge in [0, 0.05) is 11.6 Å². The lowest BCUT2D eigenvalue weighted by Crippen LogP contribution is -2.12. The average molecular weight is 308 g/mol. The Morgan fingerprint density at radius 2 is 1.81 bits per heavy atom. The third-order valence-corrected chi connectivity index (χ3v) is 3.38. The molecule has 0 spiro atoms. The van der Waals surface area contributed by atoms with Crippen molar-refractivity contribution in [3.8, 4) is 11.5 Å². The van der Waals surface area contributed by atoms with E-state index in [0.717, 1.165) is 17.0 Å². The molecule has 112 valence electrons. The van der Waals surface area contributed by atoms with E-state index in [1.54, 1.807) is 32.4 Å². The van der Waals surface area contributed by atoms with Gasteiger partial charge in [0.05, 0.1) is 26.0 Å². The zero-order chi connectivity index (χ0) is 15.2. The predicted molar refractivity (Wildman–Crippen MR) is 84.4 cm³/mol. The van der Waals surface area contributed by atoms with Gasteiger partial charge in [0.25, 0.3) is 0 Å². The van der Waals surface area contributed by atoms with Crippen molar-refractivity contribution in [1.29, 1.82) is 0 Å². The molecule has 0 aromatic heterocycles. The summed E-state index contributed by atoms with van der Waals surface area (Å²) in [6, 6.07) is 12.6. The standard InChI is InChI=1S/C16H18ClNO3/c1-20-13-6-3-11(4-7-13)15(19)10-18-14-9-12(17)5-8-16(14)21-2/h3-9,15,18-19H,10H2,1-2H3. The molecule has 21 heavy (non-hydrogen) atoms. The Morgan fingerprint density at radius 1 is 1.10 bits per heavy atom. The molecule has 2 rings (SSSR count). The zero-order valence-corrected chi connectivity index (χ0v) is 12.7. The number of aliphatic hydroxyl groups excluding tert-OH is 1. The summed E-state index contributed by atoms with van der Waals surface area (Å²) >= 11 is 5.97. The van der Waals surface area contributed by atoms with Crippen LogP contribution >= 0.6 is 11.6 Å². The molecule has 2 aromatic rings. The minimum absolute atomic E-state index is 0.350. The quantitative estimate of drug-likeness (QED) is 0.857. The molecule has 0 aliphatic heterocycles. The van der Waals surface area contributed by atoms with E-state index in [0.29, 0.717) is 17.3 Å². The fourth-order valence-electron chi connectivity index (χ4n) is 1.97. The minimum Gasteiger partial charge on any atom is -0.497 e. The first kappa shape index (κ1) is 15.5. The largest absolute Gasteiger partial charge is 0.497 e. The smallest absolute Gasteiger partial charge is 0.142 e. The van der Waals surface area contributed by atoms with Gasteiger partial charge in [-0.05, 0) is 35.9 Å². The van der Waals surface area contributed by atoms with Crippen LogP contribution < -0.4 is 14.8 Å². The molecule has 0 heterocycles. The summed E-state index contributed by atoms with van der Waals surface area (Å²) in [7, 11) is 3.20. The lowest BCUT2D eigenvalue weighted by Gasteiger charge is -2.16. The zero-order valence-electron chi connectivity index (χ0n) is 12.0. The Kier molecular flexibility index (Phi) is 5.31. The highest BCUT2D eigenvalue weighted by atomic mass is 35.5. The third kappa shape index (κ3) is 4.03. The summed E-state index contributed by atoms with van der Waals surface area (Å²) in [6.45, 7) is 0.350. The van der Waals surface area contributed by atoms with Gasteiger partial charge >= 0.3 is 0 Å². The molecule has 0 aliphatic carbocycles. The molecule has 0 amide bonds. The van der Waals surface area contributed by atoms with Crippen molar-refractivity contribution in [2.24, 2.45) is 0 Å². The van der Waals surface area contributed by atoms with Crippen molar-refractivity contribution >= 4 is 17.3 Å². The van der Waals surface area contributed by atoms with Gasteiger partial charge in [-0.1, -0.05) is 23.7 Å². The third-order valence-electron chi connectivity index (χ3n) is 3.15. The number of aliphatic hydroxyl groups is 1. The molecular formula is C16H18ClNO3. The van der Waals surface area contributed by atoms with Gasteiger partial charge in [-0.3, -0.25) is 0 Å². The molecule has 0 aliphatic rings. The summed E-state index contributed by atoms with van der Waals surface area (Å²) in [5, 5.41) is 14.0. The van der Waals surface area contributed by atoms with Crippen LogP contribution in [0.4, 0.5) is 5.69 Å². The van der Waals surface area contributed by atoms with E-state index in [1.807, 2.05) is 24.3 Å². The lowest BCUT2D eigenvalue weighted by molar-refractivity contribution is 0.191. The Bertz CT molecular complexity index is 587. The van der Waals surface area contributed by atoms with Crippen molar-refractivity contribution in [2.45, 2.75) is 6.10 Å². The van der Waals surface area contributed by atoms with Crippen LogP contribution in [0.15, 0.2) is 42.5 Å². The first-order valence-electron chi connectivity index (χ1n) is 6.53. The summed E-state index contributed by atoms with van der Waals surface area (Å²) in [5.74, 6) is 1.44. The topological polar surface area (TPSA) is 50.7 Å². The highest BCUT2D eigenvalue weighted by Gasteiger charge is 2.10. The number of halogens is 1. The Balaban J connectivity index is 2.03. The van der Waals surface area contributed by atoms with Gasteiger partial charge in [-0.25, -0.2) is 0 Å². The van der Waals surface area contributed by atoms with Crippen LogP contribution in [0.3, 0.4) is 0 Å². The van der Waals surface area contributed by atoms with E-state index in [-0.39, 0.29) is 0 Å². The SMILES string of the molecule is COc1ccc(C(O)CNc2cc(Cl)ccc2OC)cc1. The first-order chi connectivity index (χ1) is 10.1. The molecule has 0 radical (unpaired) electrons. The van der Waals surface area contributed by atoms with Crippen LogP contribution in [0.5, 0.6) is 11.5 Å². The second kappa shape index (κ2) is 7.20. The second-order valence-corrected chi connectivity index (χ2v) is 4.95. The number of rotatable bonds is 6. The molecular weight excluding hydrogens is 290 g/mol. The summed E-state index contributed by atoms with van der Waals surface area (Å²) < 4.78 is 10.3. The molecule has 0 fully saturated rings. The number of nitrogens with one attached hydrogen (secondary N) is 1. The number of methoxy groups -OCH3 is 2. The summed E-state index contributed by atoms with van der Waals surface area (Å²) in [6.07, 6.45) is -0.639. The van der Waals surface area contributed by atoms with Crippen LogP contribution in [0, 0.1) is 0 Å². The number of anilines is 1. The highest BCUT2D eigenvalue weighted by molar-refractivity contribution is 6.30. The van der Waals surface area contributed by atoms with Crippen LogP contribution in [0.1, 0.15) is 11.7 Å². The Hall–Kier alpha value is -1.91. The van der Waals surface area contributed by atoms with E-state index in [4.69, 9.17) is 21.1 Å². The number of hydrogen-bond donors (Lipinski definition) is 2. The van der Waals surface area contributed by atoms with Gasteiger partial charge < -0.3 is 19.9 Å². The first-order valence-corrected chi connectivity index (χ1v) is 6.91. The van der Waals surface area contributed by atoms with Gasteiger partial charge in [0.2, 0.25) is 0 Å². The normalized spacial score (nSPS) is 11.8. The van der Waals surface area contributed by atoms with E-state index in [2.05, 4.69) is 5.32 Å². The van der Waals surface area contributed by atoms with Crippen molar-refractivity contribution in [2.75, 3.05) is 26.1 Å². The maximum Gasteiger partial charge on any atom is 0.142 e. The second-order valence-electron chi connectivity index (χ2n) is 4.51. The van der Waals surface area contributed by atoms with Gasteiger partial charge in [0.15, 0.2) is 0 Å². The maximum absolute atomic E-state index is 10.2. The van der Waals surface area contributed by atoms with Crippen LogP contribution in [0.2, 0.25) is 5.02 Å². The lowest BCUT2D eigenvalue weighted by atomic mass is 10.1. The van der Waals surface area contributed by atoms with Crippen LogP contribution in [-0.4, -0.2) is 25.9 Å². The van der Waals surface area contributed by atoms with Crippen molar-refractivity contribution in [3.05, 3.63) is 53.1 Å². The molecule has 1 atom stereocenters. The molecule has 0 saturated heterocycles.